The van der Waals surface area contributed by atoms with Crippen LogP contribution in [0.5, 0.6) is 0 Å². The average molecular weight is 875 g/mol. The summed E-state index contributed by atoms with van der Waals surface area (Å²) in [5, 5.41) is 9.41. The van der Waals surface area contributed by atoms with Crippen molar-refractivity contribution in [3.05, 3.63) is 270 Å². The summed E-state index contributed by atoms with van der Waals surface area (Å²) >= 11 is 0. The predicted molar refractivity (Wildman–Crippen MR) is 296 cm³/mol. The fraction of sp³-hybridized carbons (Fsp3) is 0.0435. The molecule has 0 fully saturated rings. The van der Waals surface area contributed by atoms with Gasteiger partial charge in [-0.2, -0.15) is 0 Å². The Kier molecular flexibility index (Phi) is 12.2. The van der Waals surface area contributed by atoms with Crippen LogP contribution >= 0.6 is 0 Å². The topological polar surface area (TPSA) is 0 Å². The summed E-state index contributed by atoms with van der Waals surface area (Å²) in [6, 6.07) is 58.0. The van der Waals surface area contributed by atoms with Gasteiger partial charge in [-0.05, 0) is 138 Å². The van der Waals surface area contributed by atoms with E-state index in [9.17, 15) is 0 Å². The number of hydrogen-bond acceptors (Lipinski definition) is 0. The number of benzene rings is 9. The molecule has 0 heterocycles. The van der Waals surface area contributed by atoms with Crippen LogP contribution in [0.1, 0.15) is 58.2 Å². The lowest BCUT2D eigenvalue weighted by molar-refractivity contribution is 0.941. The second-order valence-corrected chi connectivity index (χ2v) is 17.1. The Balaban J connectivity index is 0.00000273. The van der Waals surface area contributed by atoms with Crippen molar-refractivity contribution in [2.45, 2.75) is 19.3 Å². The van der Waals surface area contributed by atoms with Gasteiger partial charge in [-0.25, -0.2) is 0 Å². The van der Waals surface area contributed by atoms with Gasteiger partial charge in [0.25, 0.3) is 0 Å². The van der Waals surface area contributed by atoms with Crippen molar-refractivity contribution in [1.29, 1.82) is 0 Å². The van der Waals surface area contributed by atoms with Crippen molar-refractivity contribution in [3.8, 4) is 70.6 Å². The lowest BCUT2D eigenvalue weighted by Gasteiger charge is -2.21. The molecule has 0 radical (unpaired) electrons. The number of terminal acetylenes is 1. The first-order chi connectivity index (χ1) is 34.1. The lowest BCUT2D eigenvalue weighted by Crippen LogP contribution is -2.00. The molecule has 322 valence electrons. The number of hydrogen-bond donors (Lipinski definition) is 0. The fourth-order valence-electron chi connectivity index (χ4n) is 9.95. The van der Waals surface area contributed by atoms with Crippen molar-refractivity contribution < 1.29 is 0 Å². The highest BCUT2D eigenvalue weighted by molar-refractivity contribution is 6.30. The molecular formula is C69H46. The highest BCUT2D eigenvalue weighted by Gasteiger charge is 2.31. The number of fused-ring (bicyclic) bond motifs is 7. The summed E-state index contributed by atoms with van der Waals surface area (Å²) in [5.74, 6) is 21.7. The molecule has 0 spiro atoms. The molecule has 0 amide bonds. The molecule has 11 rings (SSSR count). The van der Waals surface area contributed by atoms with Gasteiger partial charge in [0.2, 0.25) is 0 Å². The maximum atomic E-state index is 4.90. The largest absolute Gasteiger partial charge is 0.124 e. The number of allylic oxidation sites excluding steroid dienone is 10. The van der Waals surface area contributed by atoms with E-state index in [2.05, 4.69) is 195 Å². The van der Waals surface area contributed by atoms with Gasteiger partial charge in [0.05, 0.1) is 0 Å². The quantitative estimate of drug-likeness (QED) is 0.0939. The number of rotatable bonds is 4. The first-order valence-corrected chi connectivity index (χ1v) is 23.2. The van der Waals surface area contributed by atoms with Crippen LogP contribution < -0.4 is 0 Å². The van der Waals surface area contributed by atoms with Gasteiger partial charge in [0.1, 0.15) is 0 Å². The zero-order chi connectivity index (χ0) is 47.3. The molecule has 9 aromatic rings. The van der Waals surface area contributed by atoms with Gasteiger partial charge in [0, 0.05) is 50.4 Å². The Hall–Kier alpha value is -9.30. The molecule has 0 aliphatic heterocycles. The average Bonchev–Trinajstić information content (AvgIpc) is 3.75. The lowest BCUT2D eigenvalue weighted by atomic mass is 9.82. The van der Waals surface area contributed by atoms with E-state index >= 15 is 0 Å². The Morgan fingerprint density at radius 2 is 0.986 bits per heavy atom. The zero-order valence-electron chi connectivity index (χ0n) is 38.5. The van der Waals surface area contributed by atoms with E-state index in [0.29, 0.717) is 6.42 Å². The Bertz CT molecular complexity index is 3900. The Labute approximate surface area is 406 Å². The maximum absolute atomic E-state index is 4.90. The molecule has 1 atom stereocenters. The van der Waals surface area contributed by atoms with Crippen LogP contribution in [0.15, 0.2) is 231 Å². The molecule has 0 bridgehead atoms. The summed E-state index contributed by atoms with van der Waals surface area (Å²) in [7, 11) is 0. The molecule has 2 aliphatic carbocycles. The molecule has 2 aliphatic rings. The van der Waals surface area contributed by atoms with Crippen LogP contribution in [0, 0.1) is 48.4 Å². The van der Waals surface area contributed by atoms with Crippen LogP contribution in [0.3, 0.4) is 0 Å². The van der Waals surface area contributed by atoms with Gasteiger partial charge in [-0.15, -0.1) is 12.8 Å². The molecule has 69 heavy (non-hydrogen) atoms. The van der Waals surface area contributed by atoms with Crippen LogP contribution in [-0.2, 0) is 0 Å². The smallest absolute Gasteiger partial charge is 0.0413 e. The van der Waals surface area contributed by atoms with Gasteiger partial charge < -0.3 is 0 Å². The molecule has 0 aromatic heterocycles. The molecule has 9 aromatic carbocycles. The van der Waals surface area contributed by atoms with Gasteiger partial charge in [-0.3, -0.25) is 0 Å². The normalized spacial score (nSPS) is 14.9. The minimum absolute atomic E-state index is 0.00509. The molecule has 0 heteroatoms. The van der Waals surface area contributed by atoms with Crippen molar-refractivity contribution >= 4 is 48.7 Å². The van der Waals surface area contributed by atoms with Crippen LogP contribution in [0.2, 0.25) is 0 Å². The predicted octanol–water partition coefficient (Wildman–Crippen LogP) is 16.7. The first kappa shape index (κ1) is 43.6. The summed E-state index contributed by atoms with van der Waals surface area (Å²) < 4.78 is 0. The molecule has 0 saturated heterocycles. The summed E-state index contributed by atoms with van der Waals surface area (Å²) in [6.07, 6.45) is 23.2. The molecule has 0 N–H and O–H groups in total. The minimum atomic E-state index is 0.00509. The van der Waals surface area contributed by atoms with Crippen molar-refractivity contribution in [2.24, 2.45) is 0 Å². The fourth-order valence-corrected chi connectivity index (χ4v) is 9.95. The van der Waals surface area contributed by atoms with Crippen molar-refractivity contribution in [1.82, 2.24) is 0 Å². The minimum Gasteiger partial charge on any atom is -0.124 e. The van der Waals surface area contributed by atoms with Gasteiger partial charge in [-0.1, -0.05) is 207 Å². The summed E-state index contributed by atoms with van der Waals surface area (Å²) in [5.41, 5.74) is 15.2. The van der Waals surface area contributed by atoms with E-state index in [1.54, 1.807) is 6.08 Å². The van der Waals surface area contributed by atoms with Gasteiger partial charge >= 0.3 is 0 Å². The molecule has 1 unspecified atom stereocenters. The molecular weight excluding hydrogens is 829 g/mol. The standard InChI is InChI=1S/C67H44.C2H2/c1-4-5-6-7-17-28-50-39-40-51(38-35-47-22-11-8-12-23-47)45(2)52-31-20-32-55-62-44-63-65-56(61(62)43-60(46(50)3)64(52)55)33-21-34-59(65)66-57(41-36-48-24-13-9-14-25-48)53-29-18-19-30-54(53)58(67(63)66)42-37-49-26-15-10-16-27-49;1-2/h4-27,29-34,39-40,43-45H,1,3,28H2,2H3;1-2H/b6-5-,17-7-,50-39-,51-40-;. The summed E-state index contributed by atoms with van der Waals surface area (Å²) in [6.45, 7) is 11.0. The third kappa shape index (κ3) is 8.09. The van der Waals surface area contributed by atoms with E-state index in [1.807, 2.05) is 66.7 Å². The van der Waals surface area contributed by atoms with Crippen molar-refractivity contribution in [2.75, 3.05) is 0 Å². The van der Waals surface area contributed by atoms with Crippen LogP contribution in [-0.4, -0.2) is 0 Å². The van der Waals surface area contributed by atoms with Crippen LogP contribution in [0.4, 0.5) is 0 Å². The molecule has 0 saturated carbocycles. The zero-order valence-corrected chi connectivity index (χ0v) is 38.5. The highest BCUT2D eigenvalue weighted by atomic mass is 14.3. The van der Waals surface area contributed by atoms with Crippen LogP contribution in [0.25, 0.3) is 70.9 Å². The van der Waals surface area contributed by atoms with E-state index in [-0.39, 0.29) is 5.92 Å². The second-order valence-electron chi connectivity index (χ2n) is 17.1. The first-order valence-electron chi connectivity index (χ1n) is 23.2. The third-order valence-electron chi connectivity index (χ3n) is 13.2. The van der Waals surface area contributed by atoms with Crippen molar-refractivity contribution in [3.63, 3.8) is 0 Å². The summed E-state index contributed by atoms with van der Waals surface area (Å²) in [4.78, 5) is 0. The monoisotopic (exact) mass is 874 g/mol. The second kappa shape index (κ2) is 19.3. The van der Waals surface area contributed by atoms with E-state index < -0.39 is 0 Å². The van der Waals surface area contributed by atoms with E-state index in [1.165, 1.54) is 49.0 Å². The highest BCUT2D eigenvalue weighted by Crippen LogP contribution is 2.55. The SMILES string of the molecule is C#C.C=C/C=C\C=C/C/C1=C/C=C(/C#Cc2ccccc2)C(C)c2cccc3c2c(cc2c4cccc5c4c(cc32)-c2c-5c(C#Cc3ccccc3)c3ccccc3c2C#Cc2ccccc2)C1=C. The van der Waals surface area contributed by atoms with E-state index in [0.717, 1.165) is 72.0 Å². The molecule has 0 nitrogen and oxygen atoms in total. The maximum Gasteiger partial charge on any atom is 0.0413 e. The third-order valence-corrected chi connectivity index (χ3v) is 13.2. The Morgan fingerprint density at radius 1 is 0.478 bits per heavy atom. The van der Waals surface area contributed by atoms with E-state index in [4.69, 9.17) is 6.58 Å². The Morgan fingerprint density at radius 3 is 1.58 bits per heavy atom. The van der Waals surface area contributed by atoms with Gasteiger partial charge in [0.15, 0.2) is 0 Å².